The van der Waals surface area contributed by atoms with Crippen LogP contribution in [0, 0.1) is 0 Å². The lowest BCUT2D eigenvalue weighted by atomic mass is 9.87. The molecule has 4 aromatic heterocycles. The number of rotatable bonds is 3. The summed E-state index contributed by atoms with van der Waals surface area (Å²) in [5.41, 5.74) is 5.72. The van der Waals surface area contributed by atoms with E-state index < -0.39 is 11.7 Å². The summed E-state index contributed by atoms with van der Waals surface area (Å²) in [4.78, 5) is 8.00. The number of anilines is 1. The number of aromatic nitrogens is 6. The highest BCUT2D eigenvalue weighted by Gasteiger charge is 2.37. The van der Waals surface area contributed by atoms with Crippen molar-refractivity contribution in [2.45, 2.75) is 31.1 Å². The summed E-state index contributed by atoms with van der Waals surface area (Å²) in [5, 5.41) is 14.6. The van der Waals surface area contributed by atoms with Gasteiger partial charge in [-0.1, -0.05) is 6.07 Å². The Morgan fingerprint density at radius 2 is 2.07 bits per heavy atom. The second-order valence-corrected chi connectivity index (χ2v) is 6.77. The van der Waals surface area contributed by atoms with Gasteiger partial charge in [-0.05, 0) is 25.0 Å². The molecule has 1 fully saturated rings. The molecule has 5 rings (SSSR count). The third kappa shape index (κ3) is 2.58. The van der Waals surface area contributed by atoms with Crippen LogP contribution in [0.4, 0.5) is 19.1 Å². The molecule has 0 radical (unpaired) electrons. The SMILES string of the molecule is N[C@H]1CC[C@@H]1Nc1ncc(C(F)(F)F)c(-c2n[nH]c3nn4ccccc4c23)n1. The van der Waals surface area contributed by atoms with Crippen LogP contribution in [0.25, 0.3) is 27.9 Å². The lowest BCUT2D eigenvalue weighted by molar-refractivity contribution is -0.137. The second-order valence-electron chi connectivity index (χ2n) is 6.77. The van der Waals surface area contributed by atoms with Crippen molar-refractivity contribution in [1.29, 1.82) is 0 Å². The zero-order valence-corrected chi connectivity index (χ0v) is 14.4. The van der Waals surface area contributed by atoms with Crippen molar-refractivity contribution in [2.24, 2.45) is 5.73 Å². The second kappa shape index (κ2) is 5.89. The van der Waals surface area contributed by atoms with Gasteiger partial charge in [-0.2, -0.15) is 18.3 Å². The highest BCUT2D eigenvalue weighted by molar-refractivity contribution is 6.02. The Bertz CT molecular complexity index is 1180. The minimum atomic E-state index is -4.63. The molecule has 8 nitrogen and oxygen atoms in total. The van der Waals surface area contributed by atoms with E-state index >= 15 is 0 Å². The first-order valence-corrected chi connectivity index (χ1v) is 8.70. The smallest absolute Gasteiger partial charge is 0.350 e. The van der Waals surface area contributed by atoms with E-state index in [4.69, 9.17) is 5.73 Å². The highest BCUT2D eigenvalue weighted by atomic mass is 19.4. The van der Waals surface area contributed by atoms with Crippen LogP contribution >= 0.6 is 0 Å². The summed E-state index contributed by atoms with van der Waals surface area (Å²) in [6.45, 7) is 0. The molecule has 4 heterocycles. The topological polar surface area (TPSA) is 110 Å². The molecular formula is C17H15F3N8. The van der Waals surface area contributed by atoms with Gasteiger partial charge in [-0.3, -0.25) is 5.10 Å². The Morgan fingerprint density at radius 1 is 1.21 bits per heavy atom. The van der Waals surface area contributed by atoms with E-state index in [1.807, 2.05) is 0 Å². The van der Waals surface area contributed by atoms with Crippen LogP contribution < -0.4 is 11.1 Å². The quantitative estimate of drug-likeness (QED) is 0.498. The van der Waals surface area contributed by atoms with Crippen molar-refractivity contribution < 1.29 is 13.2 Å². The predicted octanol–water partition coefficient (Wildman–Crippen LogP) is 2.59. The van der Waals surface area contributed by atoms with Crippen molar-refractivity contribution in [3.05, 3.63) is 36.2 Å². The van der Waals surface area contributed by atoms with Crippen LogP contribution in [-0.4, -0.2) is 41.9 Å². The largest absolute Gasteiger partial charge is 0.420 e. The number of nitrogens with zero attached hydrogens (tertiary/aromatic N) is 5. The normalized spacial score (nSPS) is 19.9. The average molecular weight is 388 g/mol. The summed E-state index contributed by atoms with van der Waals surface area (Å²) in [7, 11) is 0. The zero-order chi connectivity index (χ0) is 19.5. The molecule has 0 aliphatic heterocycles. The number of hydrogen-bond donors (Lipinski definition) is 3. The molecular weight excluding hydrogens is 373 g/mol. The summed E-state index contributed by atoms with van der Waals surface area (Å²) >= 11 is 0. The first kappa shape index (κ1) is 16.9. The zero-order valence-electron chi connectivity index (χ0n) is 14.4. The number of fused-ring (bicyclic) bond motifs is 3. The minimum absolute atomic E-state index is 0.0548. The number of nitrogens with two attached hydrogens (primary N) is 1. The summed E-state index contributed by atoms with van der Waals surface area (Å²) in [6, 6.07) is 5.20. The maximum atomic E-state index is 13.6. The predicted molar refractivity (Wildman–Crippen MR) is 95.5 cm³/mol. The van der Waals surface area contributed by atoms with Gasteiger partial charge in [-0.25, -0.2) is 14.5 Å². The Morgan fingerprint density at radius 3 is 2.79 bits per heavy atom. The summed E-state index contributed by atoms with van der Waals surface area (Å²) in [5.74, 6) is 0.0933. The highest BCUT2D eigenvalue weighted by Crippen LogP contribution is 2.38. The minimum Gasteiger partial charge on any atom is -0.350 e. The number of hydrogen-bond acceptors (Lipinski definition) is 6. The van der Waals surface area contributed by atoms with Crippen LogP contribution in [-0.2, 0) is 6.18 Å². The molecule has 1 aliphatic carbocycles. The number of H-pyrrole nitrogens is 1. The summed E-state index contributed by atoms with van der Waals surface area (Å²) in [6.07, 6.45) is -0.465. The van der Waals surface area contributed by atoms with Gasteiger partial charge in [0.05, 0.1) is 10.9 Å². The molecule has 1 saturated carbocycles. The molecule has 1 aliphatic rings. The van der Waals surface area contributed by atoms with Gasteiger partial charge >= 0.3 is 6.18 Å². The monoisotopic (exact) mass is 388 g/mol. The van der Waals surface area contributed by atoms with E-state index in [0.717, 1.165) is 19.0 Å². The van der Waals surface area contributed by atoms with E-state index in [2.05, 4.69) is 30.6 Å². The molecule has 0 aromatic carbocycles. The third-order valence-corrected chi connectivity index (χ3v) is 5.01. The molecule has 0 bridgehead atoms. The third-order valence-electron chi connectivity index (χ3n) is 5.01. The molecule has 0 amide bonds. The number of pyridine rings is 1. The molecule has 144 valence electrons. The molecule has 0 unspecified atom stereocenters. The van der Waals surface area contributed by atoms with Crippen LogP contribution in [0.1, 0.15) is 18.4 Å². The average Bonchev–Trinajstić information content (AvgIpc) is 3.23. The van der Waals surface area contributed by atoms with Crippen LogP contribution in [0.3, 0.4) is 0 Å². The fourth-order valence-electron chi connectivity index (χ4n) is 3.36. The molecule has 0 spiro atoms. The fourth-order valence-corrected chi connectivity index (χ4v) is 3.36. The van der Waals surface area contributed by atoms with Gasteiger partial charge in [0, 0.05) is 24.5 Å². The van der Waals surface area contributed by atoms with Crippen LogP contribution in [0.2, 0.25) is 0 Å². The fraction of sp³-hybridized carbons (Fsp3) is 0.294. The van der Waals surface area contributed by atoms with Crippen molar-refractivity contribution in [3.8, 4) is 11.4 Å². The Labute approximate surface area is 156 Å². The van der Waals surface area contributed by atoms with Gasteiger partial charge in [0.1, 0.15) is 17.0 Å². The van der Waals surface area contributed by atoms with Gasteiger partial charge in [0.2, 0.25) is 5.95 Å². The van der Waals surface area contributed by atoms with Crippen LogP contribution in [0.15, 0.2) is 30.6 Å². The Balaban J connectivity index is 1.70. The van der Waals surface area contributed by atoms with E-state index in [9.17, 15) is 13.2 Å². The van der Waals surface area contributed by atoms with E-state index in [1.54, 1.807) is 28.9 Å². The first-order chi connectivity index (χ1) is 13.4. The standard InChI is InChI=1S/C17H15F3N8/c18-17(19,20)8-7-22-16(23-10-5-4-9(10)21)24-13(8)14-12-11-3-1-2-6-28(11)27-15(12)26-25-14/h1-3,6-7,9-10H,4-5,21H2,(H,26,27)(H,22,23,24)/t9-,10-/m0/s1. The molecule has 4 aromatic rings. The van der Waals surface area contributed by atoms with Crippen LogP contribution in [0.5, 0.6) is 0 Å². The van der Waals surface area contributed by atoms with Gasteiger partial charge in [-0.15, -0.1) is 5.10 Å². The van der Waals surface area contributed by atoms with Crippen molar-refractivity contribution in [1.82, 2.24) is 29.8 Å². The number of halogens is 3. The Hall–Kier alpha value is -3.21. The van der Waals surface area contributed by atoms with Gasteiger partial charge < -0.3 is 11.1 Å². The molecule has 11 heteroatoms. The number of alkyl halides is 3. The van der Waals surface area contributed by atoms with E-state index in [-0.39, 0.29) is 29.4 Å². The maximum Gasteiger partial charge on any atom is 0.420 e. The summed E-state index contributed by atoms with van der Waals surface area (Å²) < 4.78 is 42.5. The van der Waals surface area contributed by atoms with Crippen molar-refractivity contribution in [3.63, 3.8) is 0 Å². The van der Waals surface area contributed by atoms with Gasteiger partial charge in [0.25, 0.3) is 0 Å². The van der Waals surface area contributed by atoms with E-state index in [0.29, 0.717) is 16.6 Å². The van der Waals surface area contributed by atoms with Crippen molar-refractivity contribution >= 4 is 22.5 Å². The molecule has 0 saturated heterocycles. The lowest BCUT2D eigenvalue weighted by Crippen LogP contribution is -2.49. The first-order valence-electron chi connectivity index (χ1n) is 8.70. The maximum absolute atomic E-state index is 13.6. The lowest BCUT2D eigenvalue weighted by Gasteiger charge is -2.34. The number of nitrogens with one attached hydrogen (secondary N) is 2. The Kier molecular flexibility index (Phi) is 3.56. The molecule has 28 heavy (non-hydrogen) atoms. The number of aromatic amines is 1. The van der Waals surface area contributed by atoms with Crippen molar-refractivity contribution in [2.75, 3.05) is 5.32 Å². The van der Waals surface area contributed by atoms with E-state index in [1.165, 1.54) is 0 Å². The molecule has 4 N–H and O–H groups in total. The van der Waals surface area contributed by atoms with Gasteiger partial charge in [0.15, 0.2) is 5.65 Å². The molecule has 2 atom stereocenters.